The molecular formula is C16H15N3O5S. The van der Waals surface area contributed by atoms with E-state index in [-0.39, 0.29) is 11.7 Å². The normalized spacial score (nSPS) is 10.6. The fraction of sp³-hybridized carbons (Fsp3) is 0.125. The predicted octanol–water partition coefficient (Wildman–Crippen LogP) is 2.29. The van der Waals surface area contributed by atoms with Crippen LogP contribution in [-0.4, -0.2) is 33.8 Å². The van der Waals surface area contributed by atoms with Crippen LogP contribution in [0, 0.1) is 6.92 Å². The zero-order chi connectivity index (χ0) is 18.2. The number of aryl methyl sites for hydroxylation is 1. The van der Waals surface area contributed by atoms with Gasteiger partial charge < -0.3 is 20.3 Å². The monoisotopic (exact) mass is 361 g/mol. The van der Waals surface area contributed by atoms with Crippen LogP contribution in [0.15, 0.2) is 51.9 Å². The van der Waals surface area contributed by atoms with Gasteiger partial charge in [0.25, 0.3) is 0 Å². The van der Waals surface area contributed by atoms with Crippen molar-refractivity contribution < 1.29 is 24.0 Å². The zero-order valence-corrected chi connectivity index (χ0v) is 14.0. The fourth-order valence-electron chi connectivity index (χ4n) is 1.75. The van der Waals surface area contributed by atoms with Crippen molar-refractivity contribution in [1.29, 1.82) is 0 Å². The number of carboxylic acids is 1. The summed E-state index contributed by atoms with van der Waals surface area (Å²) in [7, 11) is 0. The number of nitrogens with zero attached hydrogens (tertiary/aromatic N) is 1. The summed E-state index contributed by atoms with van der Waals surface area (Å²) >= 11 is 1.28. The van der Waals surface area contributed by atoms with Gasteiger partial charge in [-0.05, 0) is 25.1 Å². The maximum Gasteiger partial charge on any atom is 0.328 e. The third-order valence-corrected chi connectivity index (χ3v) is 3.74. The highest BCUT2D eigenvalue weighted by molar-refractivity contribution is 8.00. The summed E-state index contributed by atoms with van der Waals surface area (Å²) in [5.41, 5.74) is 0.498. The average molecular weight is 361 g/mol. The lowest BCUT2D eigenvalue weighted by molar-refractivity contribution is -0.131. The molecule has 2 rings (SSSR count). The van der Waals surface area contributed by atoms with Gasteiger partial charge in [0.2, 0.25) is 11.8 Å². The van der Waals surface area contributed by atoms with Crippen molar-refractivity contribution in [3.05, 3.63) is 48.2 Å². The van der Waals surface area contributed by atoms with E-state index in [1.165, 1.54) is 11.8 Å². The van der Waals surface area contributed by atoms with Gasteiger partial charge in [-0.3, -0.25) is 9.59 Å². The smallest absolute Gasteiger partial charge is 0.328 e. The zero-order valence-electron chi connectivity index (χ0n) is 13.2. The van der Waals surface area contributed by atoms with Crippen molar-refractivity contribution in [2.24, 2.45) is 0 Å². The van der Waals surface area contributed by atoms with E-state index in [2.05, 4.69) is 15.8 Å². The number of carbonyl (C=O) groups excluding carboxylic acids is 2. The highest BCUT2D eigenvalue weighted by atomic mass is 32.2. The molecule has 3 N–H and O–H groups in total. The van der Waals surface area contributed by atoms with E-state index >= 15 is 0 Å². The van der Waals surface area contributed by atoms with Crippen molar-refractivity contribution in [3.63, 3.8) is 0 Å². The van der Waals surface area contributed by atoms with E-state index in [9.17, 15) is 14.4 Å². The van der Waals surface area contributed by atoms with E-state index in [1.54, 1.807) is 37.3 Å². The van der Waals surface area contributed by atoms with Crippen LogP contribution in [0.5, 0.6) is 0 Å². The summed E-state index contributed by atoms with van der Waals surface area (Å²) in [6.45, 7) is 1.73. The predicted molar refractivity (Wildman–Crippen MR) is 92.4 cm³/mol. The van der Waals surface area contributed by atoms with Crippen LogP contribution >= 0.6 is 11.8 Å². The van der Waals surface area contributed by atoms with Gasteiger partial charge in [-0.25, -0.2) is 4.79 Å². The van der Waals surface area contributed by atoms with E-state index in [4.69, 9.17) is 9.63 Å². The molecule has 0 saturated carbocycles. The molecule has 1 heterocycles. The van der Waals surface area contributed by atoms with Gasteiger partial charge in [-0.1, -0.05) is 11.2 Å². The summed E-state index contributed by atoms with van der Waals surface area (Å²) in [6.07, 6.45) is 1.68. The lowest BCUT2D eigenvalue weighted by Gasteiger charge is -2.06. The highest BCUT2D eigenvalue weighted by Crippen LogP contribution is 2.22. The number of aromatic nitrogens is 1. The van der Waals surface area contributed by atoms with Crippen LogP contribution in [0.4, 0.5) is 11.5 Å². The standard InChI is InChI=1S/C16H15N3O5S/c1-10-7-13(19-24-10)18-15(21)9-25-12-4-2-3-11(8-12)17-14(20)5-6-16(22)23/h2-8H,9H2,1H3,(H,17,20)(H,22,23)(H,18,19,21)/b6-5+. The fourth-order valence-corrected chi connectivity index (χ4v) is 2.50. The Balaban J connectivity index is 1.87. The van der Waals surface area contributed by atoms with Crippen LogP contribution in [0.2, 0.25) is 0 Å². The minimum Gasteiger partial charge on any atom is -0.478 e. The molecule has 0 aliphatic heterocycles. The molecule has 1 aromatic heterocycles. The Labute approximate surface area is 147 Å². The second-order valence-corrected chi connectivity index (χ2v) is 5.90. The number of hydrogen-bond acceptors (Lipinski definition) is 6. The molecule has 0 fully saturated rings. The van der Waals surface area contributed by atoms with Crippen molar-refractivity contribution >= 4 is 41.1 Å². The van der Waals surface area contributed by atoms with Crippen LogP contribution in [0.25, 0.3) is 0 Å². The van der Waals surface area contributed by atoms with E-state index in [0.717, 1.165) is 17.0 Å². The first-order valence-corrected chi connectivity index (χ1v) is 8.09. The van der Waals surface area contributed by atoms with E-state index in [1.807, 2.05) is 0 Å². The molecule has 8 nitrogen and oxygen atoms in total. The molecule has 0 aliphatic carbocycles. The number of hydrogen-bond donors (Lipinski definition) is 3. The Morgan fingerprint density at radius 1 is 1.24 bits per heavy atom. The molecule has 25 heavy (non-hydrogen) atoms. The summed E-state index contributed by atoms with van der Waals surface area (Å²) in [4.78, 5) is 34.6. The van der Waals surface area contributed by atoms with Gasteiger partial charge >= 0.3 is 5.97 Å². The summed E-state index contributed by atoms with van der Waals surface area (Å²) < 4.78 is 4.86. The lowest BCUT2D eigenvalue weighted by Crippen LogP contribution is -2.14. The molecule has 0 saturated heterocycles. The number of aliphatic carboxylic acids is 1. The Morgan fingerprint density at radius 3 is 2.72 bits per heavy atom. The third-order valence-electron chi connectivity index (χ3n) is 2.74. The number of carboxylic acid groups (broad SMARTS) is 1. The molecule has 9 heteroatoms. The maximum absolute atomic E-state index is 11.9. The van der Waals surface area contributed by atoms with E-state index < -0.39 is 11.9 Å². The van der Waals surface area contributed by atoms with Crippen LogP contribution in [-0.2, 0) is 14.4 Å². The Morgan fingerprint density at radius 2 is 2.04 bits per heavy atom. The molecule has 0 atom stereocenters. The maximum atomic E-state index is 11.9. The van der Waals surface area contributed by atoms with Gasteiger partial charge in [0.1, 0.15) is 5.76 Å². The quantitative estimate of drug-likeness (QED) is 0.511. The van der Waals surface area contributed by atoms with Crippen LogP contribution in [0.1, 0.15) is 5.76 Å². The Kier molecular flexibility index (Phi) is 6.35. The highest BCUT2D eigenvalue weighted by Gasteiger charge is 2.07. The molecule has 130 valence electrons. The SMILES string of the molecule is Cc1cc(NC(=O)CSc2cccc(NC(=O)/C=C/C(=O)O)c2)no1. The molecule has 0 spiro atoms. The summed E-state index contributed by atoms with van der Waals surface area (Å²) in [6, 6.07) is 8.47. The second-order valence-electron chi connectivity index (χ2n) is 4.85. The van der Waals surface area contributed by atoms with Crippen molar-refractivity contribution in [2.75, 3.05) is 16.4 Å². The average Bonchev–Trinajstić information content (AvgIpc) is 2.96. The lowest BCUT2D eigenvalue weighted by atomic mass is 10.3. The minimum absolute atomic E-state index is 0.155. The molecule has 2 amide bonds. The minimum atomic E-state index is -1.20. The van der Waals surface area contributed by atoms with Crippen molar-refractivity contribution in [2.45, 2.75) is 11.8 Å². The molecule has 0 radical (unpaired) electrons. The van der Waals surface area contributed by atoms with Gasteiger partial charge in [-0.15, -0.1) is 11.8 Å². The van der Waals surface area contributed by atoms with Gasteiger partial charge in [0, 0.05) is 28.8 Å². The topological polar surface area (TPSA) is 122 Å². The van der Waals surface area contributed by atoms with E-state index in [0.29, 0.717) is 17.3 Å². The number of nitrogens with one attached hydrogen (secondary N) is 2. The molecule has 2 aromatic rings. The molecule has 1 aromatic carbocycles. The van der Waals surface area contributed by atoms with Crippen molar-refractivity contribution in [1.82, 2.24) is 5.16 Å². The largest absolute Gasteiger partial charge is 0.478 e. The summed E-state index contributed by atoms with van der Waals surface area (Å²) in [5.74, 6) is -0.881. The van der Waals surface area contributed by atoms with Gasteiger partial charge in [0.15, 0.2) is 5.82 Å². The second kappa shape index (κ2) is 8.69. The third kappa shape index (κ3) is 6.51. The number of amides is 2. The summed E-state index contributed by atoms with van der Waals surface area (Å²) in [5, 5.41) is 17.3. The number of benzene rings is 1. The van der Waals surface area contributed by atoms with Crippen molar-refractivity contribution in [3.8, 4) is 0 Å². The van der Waals surface area contributed by atoms with Crippen LogP contribution in [0.3, 0.4) is 0 Å². The number of rotatable bonds is 7. The number of anilines is 2. The van der Waals surface area contributed by atoms with Gasteiger partial charge in [-0.2, -0.15) is 0 Å². The Bertz CT molecular complexity index is 816. The Hall–Kier alpha value is -3.07. The molecule has 0 bridgehead atoms. The molecule has 0 unspecified atom stereocenters. The van der Waals surface area contributed by atoms with Gasteiger partial charge in [0.05, 0.1) is 5.75 Å². The first-order valence-electron chi connectivity index (χ1n) is 7.10. The molecule has 0 aliphatic rings. The van der Waals surface area contributed by atoms with Crippen LogP contribution < -0.4 is 10.6 Å². The number of carbonyl (C=O) groups is 3. The first-order chi connectivity index (χ1) is 11.9. The first kappa shape index (κ1) is 18.3. The number of thioether (sulfide) groups is 1. The molecular weight excluding hydrogens is 346 g/mol.